The van der Waals surface area contributed by atoms with Gasteiger partial charge in [-0.05, 0) is 30.3 Å². The Balaban J connectivity index is 1.83. The number of H-pyrrole nitrogens is 1. The Bertz CT molecular complexity index is 779. The van der Waals surface area contributed by atoms with Gasteiger partial charge in [0, 0.05) is 22.8 Å². The van der Waals surface area contributed by atoms with Crippen molar-refractivity contribution in [3.8, 4) is 10.6 Å². The Morgan fingerprint density at radius 2 is 1.90 bits per heavy atom. The minimum atomic E-state index is -3.62. The summed E-state index contributed by atoms with van der Waals surface area (Å²) in [7, 11) is -3.62. The van der Waals surface area contributed by atoms with Gasteiger partial charge in [0.1, 0.15) is 5.01 Å². The molecule has 0 aliphatic rings. The standard InChI is InChI=1S/C12H10N4O2S2/c17-20(18,11-5-6-14-15-11)16-10-3-1-9(2-4-10)12-13-7-8-19-12/h1-8,16H,(H,14,15). The van der Waals surface area contributed by atoms with Crippen molar-refractivity contribution in [1.29, 1.82) is 0 Å². The van der Waals surface area contributed by atoms with Crippen LogP contribution in [-0.2, 0) is 10.0 Å². The highest BCUT2D eigenvalue weighted by Crippen LogP contribution is 2.24. The van der Waals surface area contributed by atoms with E-state index in [1.165, 1.54) is 23.6 Å². The smallest absolute Gasteiger partial charge is 0.278 e. The lowest BCUT2D eigenvalue weighted by Gasteiger charge is -2.06. The van der Waals surface area contributed by atoms with Crippen LogP contribution in [0.5, 0.6) is 0 Å². The molecule has 1 aromatic carbocycles. The summed E-state index contributed by atoms with van der Waals surface area (Å²) in [6, 6.07) is 8.44. The molecule has 0 amide bonds. The Hall–Kier alpha value is -2.19. The molecule has 0 atom stereocenters. The van der Waals surface area contributed by atoms with Crippen LogP contribution in [0, 0.1) is 0 Å². The molecule has 2 heterocycles. The van der Waals surface area contributed by atoms with Gasteiger partial charge in [0.25, 0.3) is 10.0 Å². The monoisotopic (exact) mass is 306 g/mol. The molecule has 0 saturated carbocycles. The van der Waals surface area contributed by atoms with E-state index in [1.54, 1.807) is 18.3 Å². The molecule has 0 saturated heterocycles. The zero-order valence-corrected chi connectivity index (χ0v) is 11.8. The quantitative estimate of drug-likeness (QED) is 0.774. The minimum Gasteiger partial charge on any atom is -0.278 e. The maximum Gasteiger partial charge on any atom is 0.278 e. The fourth-order valence-corrected chi connectivity index (χ4v) is 3.26. The SMILES string of the molecule is O=S(=O)(Nc1ccc(-c2nccs2)cc1)c1ccn[nH]1. The van der Waals surface area contributed by atoms with E-state index in [9.17, 15) is 8.42 Å². The number of benzene rings is 1. The first-order chi connectivity index (χ1) is 9.65. The third kappa shape index (κ3) is 2.56. The number of nitrogens with zero attached hydrogens (tertiary/aromatic N) is 2. The molecule has 20 heavy (non-hydrogen) atoms. The average Bonchev–Trinajstić information content (AvgIpc) is 3.13. The largest absolute Gasteiger partial charge is 0.278 e. The van der Waals surface area contributed by atoms with Gasteiger partial charge in [-0.3, -0.25) is 9.82 Å². The lowest BCUT2D eigenvalue weighted by atomic mass is 10.2. The summed E-state index contributed by atoms with van der Waals surface area (Å²) >= 11 is 1.53. The van der Waals surface area contributed by atoms with Gasteiger partial charge in [-0.25, -0.2) is 4.98 Å². The van der Waals surface area contributed by atoms with Gasteiger partial charge in [0.05, 0.1) is 6.20 Å². The first-order valence-electron chi connectivity index (χ1n) is 5.67. The first-order valence-corrected chi connectivity index (χ1v) is 8.03. The molecule has 0 radical (unpaired) electrons. The van der Waals surface area contributed by atoms with Crippen LogP contribution in [0.25, 0.3) is 10.6 Å². The van der Waals surface area contributed by atoms with Gasteiger partial charge in [-0.2, -0.15) is 13.5 Å². The van der Waals surface area contributed by atoms with E-state index in [0.717, 1.165) is 10.6 Å². The second-order valence-electron chi connectivity index (χ2n) is 3.94. The van der Waals surface area contributed by atoms with Gasteiger partial charge < -0.3 is 0 Å². The number of nitrogens with one attached hydrogen (secondary N) is 2. The fourth-order valence-electron chi connectivity index (χ4n) is 1.65. The molecule has 102 valence electrons. The Morgan fingerprint density at radius 3 is 2.50 bits per heavy atom. The third-order valence-electron chi connectivity index (χ3n) is 2.58. The van der Waals surface area contributed by atoms with E-state index in [0.29, 0.717) is 5.69 Å². The van der Waals surface area contributed by atoms with E-state index in [1.807, 2.05) is 17.5 Å². The molecule has 3 aromatic rings. The van der Waals surface area contributed by atoms with Crippen LogP contribution >= 0.6 is 11.3 Å². The number of rotatable bonds is 4. The van der Waals surface area contributed by atoms with Crippen LogP contribution in [0.3, 0.4) is 0 Å². The predicted molar refractivity (Wildman–Crippen MR) is 76.9 cm³/mol. The summed E-state index contributed by atoms with van der Waals surface area (Å²) in [5, 5.41) is 8.87. The van der Waals surface area contributed by atoms with Crippen LogP contribution in [-0.4, -0.2) is 23.6 Å². The van der Waals surface area contributed by atoms with Crippen LogP contribution in [0.15, 0.2) is 53.1 Å². The molecule has 8 heteroatoms. The zero-order chi connectivity index (χ0) is 14.0. The Labute approximate surface area is 119 Å². The Kier molecular flexibility index (Phi) is 3.25. The van der Waals surface area contributed by atoms with Gasteiger partial charge >= 0.3 is 0 Å². The maximum absolute atomic E-state index is 12.0. The summed E-state index contributed by atoms with van der Waals surface area (Å²) in [5.41, 5.74) is 1.43. The summed E-state index contributed by atoms with van der Waals surface area (Å²) in [4.78, 5) is 4.20. The summed E-state index contributed by atoms with van der Waals surface area (Å²) in [5.74, 6) is 0. The lowest BCUT2D eigenvalue weighted by Crippen LogP contribution is -2.13. The molecular formula is C12H10N4O2S2. The zero-order valence-electron chi connectivity index (χ0n) is 10.1. The number of aromatic nitrogens is 3. The van der Waals surface area contributed by atoms with Crippen molar-refractivity contribution < 1.29 is 8.42 Å². The van der Waals surface area contributed by atoms with Crippen molar-refractivity contribution in [2.45, 2.75) is 5.03 Å². The lowest BCUT2D eigenvalue weighted by molar-refractivity contribution is 0.597. The highest BCUT2D eigenvalue weighted by Gasteiger charge is 2.15. The first kappa shape index (κ1) is 12.8. The van der Waals surface area contributed by atoms with E-state index < -0.39 is 10.0 Å². The number of anilines is 1. The molecule has 0 unspecified atom stereocenters. The van der Waals surface area contributed by atoms with E-state index in [2.05, 4.69) is 19.9 Å². The van der Waals surface area contributed by atoms with Gasteiger partial charge in [0.15, 0.2) is 5.03 Å². The molecule has 3 rings (SSSR count). The molecule has 6 nitrogen and oxygen atoms in total. The molecule has 0 aliphatic carbocycles. The molecule has 0 spiro atoms. The predicted octanol–water partition coefficient (Wildman–Crippen LogP) is 2.33. The van der Waals surface area contributed by atoms with E-state index in [4.69, 9.17) is 0 Å². The van der Waals surface area contributed by atoms with Crippen molar-refractivity contribution in [3.05, 3.63) is 48.1 Å². The number of hydrogen-bond acceptors (Lipinski definition) is 5. The second-order valence-corrected chi connectivity index (χ2v) is 6.49. The topological polar surface area (TPSA) is 87.7 Å². The van der Waals surface area contributed by atoms with Crippen molar-refractivity contribution >= 4 is 27.0 Å². The molecule has 0 bridgehead atoms. The Morgan fingerprint density at radius 1 is 1.10 bits per heavy atom. The van der Waals surface area contributed by atoms with Crippen molar-refractivity contribution in [2.75, 3.05) is 4.72 Å². The van der Waals surface area contributed by atoms with Gasteiger partial charge in [-0.1, -0.05) is 0 Å². The van der Waals surface area contributed by atoms with Crippen LogP contribution in [0.4, 0.5) is 5.69 Å². The molecular weight excluding hydrogens is 296 g/mol. The highest BCUT2D eigenvalue weighted by atomic mass is 32.2. The summed E-state index contributed by atoms with van der Waals surface area (Å²) in [6.45, 7) is 0. The second kappa shape index (κ2) is 5.06. The van der Waals surface area contributed by atoms with E-state index >= 15 is 0 Å². The van der Waals surface area contributed by atoms with Crippen LogP contribution in [0.2, 0.25) is 0 Å². The van der Waals surface area contributed by atoms with Crippen LogP contribution in [0.1, 0.15) is 0 Å². The van der Waals surface area contributed by atoms with E-state index in [-0.39, 0.29) is 5.03 Å². The van der Waals surface area contributed by atoms with Crippen molar-refractivity contribution in [2.24, 2.45) is 0 Å². The molecule has 0 aliphatic heterocycles. The number of thiazole rings is 1. The molecule has 2 N–H and O–H groups in total. The normalized spacial score (nSPS) is 11.4. The fraction of sp³-hybridized carbons (Fsp3) is 0. The van der Waals surface area contributed by atoms with Crippen molar-refractivity contribution in [3.63, 3.8) is 0 Å². The van der Waals surface area contributed by atoms with Crippen LogP contribution < -0.4 is 4.72 Å². The minimum absolute atomic E-state index is 0.0292. The van der Waals surface area contributed by atoms with Gasteiger partial charge in [0.2, 0.25) is 0 Å². The number of aromatic amines is 1. The summed E-state index contributed by atoms with van der Waals surface area (Å²) < 4.78 is 26.4. The van der Waals surface area contributed by atoms with Crippen molar-refractivity contribution in [1.82, 2.24) is 15.2 Å². The molecule has 2 aromatic heterocycles. The maximum atomic E-state index is 12.0. The third-order valence-corrected chi connectivity index (χ3v) is 4.71. The summed E-state index contributed by atoms with van der Waals surface area (Å²) in [6.07, 6.45) is 3.12. The number of sulfonamides is 1. The average molecular weight is 306 g/mol. The molecule has 0 fully saturated rings. The highest BCUT2D eigenvalue weighted by molar-refractivity contribution is 7.92. The number of hydrogen-bond donors (Lipinski definition) is 2. The van der Waals surface area contributed by atoms with Gasteiger partial charge in [-0.15, -0.1) is 11.3 Å².